The SMILES string of the molecule is Cc1ccccc1C(C(C)N)N1CCS(=O)CC1. The highest BCUT2D eigenvalue weighted by Crippen LogP contribution is 2.27. The molecule has 0 aliphatic carbocycles. The van der Waals surface area contributed by atoms with Gasteiger partial charge in [-0.2, -0.15) is 0 Å². The van der Waals surface area contributed by atoms with Crippen molar-refractivity contribution >= 4 is 10.8 Å². The van der Waals surface area contributed by atoms with Crippen molar-refractivity contribution in [3.05, 3.63) is 35.4 Å². The molecule has 1 aliphatic heterocycles. The lowest BCUT2D eigenvalue weighted by atomic mass is 9.95. The maximum atomic E-state index is 11.5. The highest BCUT2D eigenvalue weighted by atomic mass is 32.2. The lowest BCUT2D eigenvalue weighted by Crippen LogP contribution is -2.46. The Labute approximate surface area is 112 Å². The zero-order valence-corrected chi connectivity index (χ0v) is 12.0. The summed E-state index contributed by atoms with van der Waals surface area (Å²) in [6.07, 6.45) is 0. The van der Waals surface area contributed by atoms with Crippen LogP contribution in [0.2, 0.25) is 0 Å². The fraction of sp³-hybridized carbons (Fsp3) is 0.571. The third kappa shape index (κ3) is 2.99. The zero-order chi connectivity index (χ0) is 13.1. The van der Waals surface area contributed by atoms with Crippen LogP contribution in [0.5, 0.6) is 0 Å². The van der Waals surface area contributed by atoms with Crippen LogP contribution in [0, 0.1) is 6.92 Å². The van der Waals surface area contributed by atoms with Crippen LogP contribution in [0.1, 0.15) is 24.1 Å². The van der Waals surface area contributed by atoms with Gasteiger partial charge in [-0.05, 0) is 25.0 Å². The molecule has 0 spiro atoms. The lowest BCUT2D eigenvalue weighted by Gasteiger charge is -2.37. The Morgan fingerprint density at radius 3 is 2.44 bits per heavy atom. The van der Waals surface area contributed by atoms with Gasteiger partial charge in [0.2, 0.25) is 0 Å². The van der Waals surface area contributed by atoms with Gasteiger partial charge in [-0.25, -0.2) is 0 Å². The molecule has 1 aromatic carbocycles. The van der Waals surface area contributed by atoms with Crippen molar-refractivity contribution in [3.63, 3.8) is 0 Å². The van der Waals surface area contributed by atoms with Gasteiger partial charge in [0.05, 0.1) is 0 Å². The first-order valence-corrected chi connectivity index (χ1v) is 7.98. The molecule has 0 bridgehead atoms. The number of hydrogen-bond acceptors (Lipinski definition) is 3. The Kier molecular flexibility index (Phi) is 4.54. The van der Waals surface area contributed by atoms with Crippen molar-refractivity contribution in [1.82, 2.24) is 4.90 Å². The van der Waals surface area contributed by atoms with Crippen LogP contribution < -0.4 is 5.73 Å². The highest BCUT2D eigenvalue weighted by Gasteiger charge is 2.27. The van der Waals surface area contributed by atoms with Gasteiger partial charge < -0.3 is 5.73 Å². The topological polar surface area (TPSA) is 46.3 Å². The lowest BCUT2D eigenvalue weighted by molar-refractivity contribution is 0.192. The average molecular weight is 266 g/mol. The molecular weight excluding hydrogens is 244 g/mol. The predicted octanol–water partition coefficient (Wildman–Crippen LogP) is 1.45. The van der Waals surface area contributed by atoms with Gasteiger partial charge in [-0.15, -0.1) is 0 Å². The molecule has 1 saturated heterocycles. The van der Waals surface area contributed by atoms with Gasteiger partial charge in [-0.1, -0.05) is 24.3 Å². The zero-order valence-electron chi connectivity index (χ0n) is 11.1. The smallest absolute Gasteiger partial charge is 0.0499 e. The number of nitrogens with zero attached hydrogens (tertiary/aromatic N) is 1. The van der Waals surface area contributed by atoms with Gasteiger partial charge in [0.25, 0.3) is 0 Å². The van der Waals surface area contributed by atoms with E-state index < -0.39 is 10.8 Å². The van der Waals surface area contributed by atoms with E-state index in [1.165, 1.54) is 11.1 Å². The van der Waals surface area contributed by atoms with E-state index >= 15 is 0 Å². The Morgan fingerprint density at radius 1 is 1.28 bits per heavy atom. The second-order valence-electron chi connectivity index (χ2n) is 5.04. The Balaban J connectivity index is 2.24. The monoisotopic (exact) mass is 266 g/mol. The van der Waals surface area contributed by atoms with E-state index in [1.54, 1.807) is 0 Å². The summed E-state index contributed by atoms with van der Waals surface area (Å²) in [5, 5.41) is 0. The molecule has 1 aromatic rings. The van der Waals surface area contributed by atoms with Gasteiger partial charge in [0.1, 0.15) is 0 Å². The molecule has 4 heteroatoms. The molecule has 0 radical (unpaired) electrons. The number of rotatable bonds is 3. The summed E-state index contributed by atoms with van der Waals surface area (Å²) in [5.41, 5.74) is 8.78. The summed E-state index contributed by atoms with van der Waals surface area (Å²) in [4.78, 5) is 2.38. The molecule has 3 nitrogen and oxygen atoms in total. The summed E-state index contributed by atoms with van der Waals surface area (Å²) < 4.78 is 11.5. The minimum atomic E-state index is -0.635. The van der Waals surface area contributed by atoms with Gasteiger partial charge >= 0.3 is 0 Å². The quantitative estimate of drug-likeness (QED) is 0.900. The van der Waals surface area contributed by atoms with E-state index in [1.807, 2.05) is 0 Å². The summed E-state index contributed by atoms with van der Waals surface area (Å²) in [6, 6.07) is 8.74. The number of benzene rings is 1. The largest absolute Gasteiger partial charge is 0.326 e. The minimum Gasteiger partial charge on any atom is -0.326 e. The van der Waals surface area contributed by atoms with Crippen LogP contribution >= 0.6 is 0 Å². The second-order valence-corrected chi connectivity index (χ2v) is 6.74. The first kappa shape index (κ1) is 13.7. The first-order chi connectivity index (χ1) is 8.59. The molecule has 1 fully saturated rings. The fourth-order valence-corrected chi connectivity index (χ4v) is 3.74. The summed E-state index contributed by atoms with van der Waals surface area (Å²) in [6.45, 7) is 5.95. The minimum absolute atomic E-state index is 0.0811. The standard InChI is InChI=1S/C14H22N2OS/c1-11-5-3-4-6-13(11)14(12(2)15)16-7-9-18(17)10-8-16/h3-6,12,14H,7-10,15H2,1-2H3. The van der Waals surface area contributed by atoms with Crippen LogP contribution in [0.25, 0.3) is 0 Å². The molecule has 1 aliphatic rings. The third-order valence-electron chi connectivity index (χ3n) is 3.61. The van der Waals surface area contributed by atoms with Crippen molar-refractivity contribution in [2.45, 2.75) is 25.9 Å². The molecule has 0 saturated carbocycles. The first-order valence-electron chi connectivity index (χ1n) is 6.49. The van der Waals surface area contributed by atoms with Crippen molar-refractivity contribution < 1.29 is 4.21 Å². The van der Waals surface area contributed by atoms with Crippen LogP contribution in [-0.4, -0.2) is 39.7 Å². The fourth-order valence-electron chi connectivity index (χ4n) is 2.66. The number of aryl methyl sites for hydroxylation is 1. The van der Waals surface area contributed by atoms with Crippen molar-refractivity contribution in [2.75, 3.05) is 24.6 Å². The highest BCUT2D eigenvalue weighted by molar-refractivity contribution is 7.85. The van der Waals surface area contributed by atoms with Crippen molar-refractivity contribution in [1.29, 1.82) is 0 Å². The van der Waals surface area contributed by atoms with Crippen molar-refractivity contribution in [2.24, 2.45) is 5.73 Å². The molecule has 18 heavy (non-hydrogen) atoms. The van der Waals surface area contributed by atoms with Gasteiger partial charge in [-0.3, -0.25) is 9.11 Å². The van der Waals surface area contributed by atoms with Gasteiger partial charge in [0, 0.05) is 47.5 Å². The summed E-state index contributed by atoms with van der Waals surface area (Å²) >= 11 is 0. The molecule has 2 atom stereocenters. The van der Waals surface area contributed by atoms with E-state index in [0.29, 0.717) is 0 Å². The average Bonchev–Trinajstić information content (AvgIpc) is 2.34. The molecule has 0 aromatic heterocycles. The van der Waals surface area contributed by atoms with E-state index in [4.69, 9.17) is 5.73 Å². The molecular formula is C14H22N2OS. The van der Waals surface area contributed by atoms with Crippen LogP contribution in [0.3, 0.4) is 0 Å². The molecule has 2 unspecified atom stereocenters. The van der Waals surface area contributed by atoms with Crippen LogP contribution in [0.15, 0.2) is 24.3 Å². The predicted molar refractivity (Wildman–Crippen MR) is 77.0 cm³/mol. The molecule has 2 rings (SSSR count). The van der Waals surface area contributed by atoms with E-state index in [0.717, 1.165) is 24.6 Å². The Bertz CT molecular complexity index is 424. The maximum Gasteiger partial charge on any atom is 0.0499 e. The number of nitrogens with two attached hydrogens (primary N) is 1. The molecule has 2 N–H and O–H groups in total. The maximum absolute atomic E-state index is 11.5. The van der Waals surface area contributed by atoms with Crippen molar-refractivity contribution in [3.8, 4) is 0 Å². The summed E-state index contributed by atoms with van der Waals surface area (Å²) in [5.74, 6) is 1.55. The van der Waals surface area contributed by atoms with Crippen LogP contribution in [0.4, 0.5) is 0 Å². The molecule has 100 valence electrons. The summed E-state index contributed by atoms with van der Waals surface area (Å²) in [7, 11) is -0.635. The Morgan fingerprint density at radius 2 is 1.89 bits per heavy atom. The second kappa shape index (κ2) is 5.95. The molecule has 0 amide bonds. The number of hydrogen-bond donors (Lipinski definition) is 1. The van der Waals surface area contributed by atoms with E-state index in [-0.39, 0.29) is 12.1 Å². The molecule has 1 heterocycles. The normalized spacial score (nSPS) is 21.7. The Hall–Kier alpha value is -0.710. The third-order valence-corrected chi connectivity index (χ3v) is 4.89. The van der Waals surface area contributed by atoms with Gasteiger partial charge in [0.15, 0.2) is 0 Å². The van der Waals surface area contributed by atoms with E-state index in [9.17, 15) is 4.21 Å². The van der Waals surface area contributed by atoms with Crippen LogP contribution in [-0.2, 0) is 10.8 Å². The van der Waals surface area contributed by atoms with E-state index in [2.05, 4.69) is 43.0 Å².